The molecule has 6 heteroatoms. The molecule has 1 aliphatic rings. The molecule has 0 unspecified atom stereocenters. The first-order valence-electron chi connectivity index (χ1n) is 5.13. The van der Waals surface area contributed by atoms with Gasteiger partial charge in [-0.2, -0.15) is 0 Å². The van der Waals surface area contributed by atoms with Gasteiger partial charge in [0.15, 0.2) is 0 Å². The van der Waals surface area contributed by atoms with Crippen molar-refractivity contribution in [2.24, 2.45) is 0 Å². The highest BCUT2D eigenvalue weighted by atomic mass is 16.7. The highest BCUT2D eigenvalue weighted by molar-refractivity contribution is 5.74. The summed E-state index contributed by atoms with van der Waals surface area (Å²) < 4.78 is 1.45. The third-order valence-electron chi connectivity index (χ3n) is 2.42. The number of hydrogen-bond acceptors (Lipinski definition) is 4. The lowest BCUT2D eigenvalue weighted by atomic mass is 10.3. The van der Waals surface area contributed by atoms with Crippen LogP contribution in [0.5, 0.6) is 0 Å². The van der Waals surface area contributed by atoms with Crippen LogP contribution in [-0.4, -0.2) is 27.0 Å². The molecule has 1 N–H and O–H groups in total. The van der Waals surface area contributed by atoms with Crippen molar-refractivity contribution in [3.05, 3.63) is 12.4 Å². The van der Waals surface area contributed by atoms with Crippen LogP contribution < -0.4 is 5.48 Å². The first-order chi connectivity index (χ1) is 7.34. The van der Waals surface area contributed by atoms with Crippen LogP contribution in [0, 0.1) is 0 Å². The second-order valence-corrected chi connectivity index (χ2v) is 3.65. The van der Waals surface area contributed by atoms with Crippen LogP contribution in [0.4, 0.5) is 0 Å². The molecular weight excluding hydrogens is 196 g/mol. The maximum atomic E-state index is 11.3. The average molecular weight is 210 g/mol. The molecule has 0 radical (unpaired) electrons. The standard InChI is InChI=1S/C9H14N4O2/c14-9(7-13-6-5-10-12-13)11-15-8-3-1-2-4-8/h5-6,8H,1-4,7H2,(H,11,14). The van der Waals surface area contributed by atoms with E-state index < -0.39 is 0 Å². The number of rotatable bonds is 4. The van der Waals surface area contributed by atoms with E-state index in [1.807, 2.05) is 0 Å². The molecule has 0 bridgehead atoms. The van der Waals surface area contributed by atoms with E-state index in [1.165, 1.54) is 23.7 Å². The van der Waals surface area contributed by atoms with Crippen molar-refractivity contribution < 1.29 is 9.63 Å². The Morgan fingerprint density at radius 3 is 3.00 bits per heavy atom. The van der Waals surface area contributed by atoms with Gasteiger partial charge in [-0.1, -0.05) is 18.1 Å². The molecule has 0 atom stereocenters. The lowest BCUT2D eigenvalue weighted by Crippen LogP contribution is -2.31. The van der Waals surface area contributed by atoms with Gasteiger partial charge in [0, 0.05) is 6.20 Å². The number of aromatic nitrogens is 3. The van der Waals surface area contributed by atoms with Crippen molar-refractivity contribution in [1.29, 1.82) is 0 Å². The summed E-state index contributed by atoms with van der Waals surface area (Å²) in [6, 6.07) is 0. The van der Waals surface area contributed by atoms with E-state index in [4.69, 9.17) is 4.84 Å². The molecule has 15 heavy (non-hydrogen) atoms. The third-order valence-corrected chi connectivity index (χ3v) is 2.42. The Labute approximate surface area is 87.6 Å². The molecule has 1 aromatic rings. The van der Waals surface area contributed by atoms with Crippen LogP contribution in [0.3, 0.4) is 0 Å². The van der Waals surface area contributed by atoms with Crippen LogP contribution in [0.1, 0.15) is 25.7 Å². The molecule has 2 rings (SSSR count). The van der Waals surface area contributed by atoms with E-state index >= 15 is 0 Å². The van der Waals surface area contributed by atoms with Gasteiger partial charge in [-0.25, -0.2) is 10.2 Å². The highest BCUT2D eigenvalue weighted by Crippen LogP contribution is 2.19. The zero-order valence-corrected chi connectivity index (χ0v) is 8.43. The number of nitrogens with one attached hydrogen (secondary N) is 1. The van der Waals surface area contributed by atoms with Gasteiger partial charge in [0.2, 0.25) is 0 Å². The van der Waals surface area contributed by atoms with Crippen LogP contribution in [0.25, 0.3) is 0 Å². The molecule has 1 fully saturated rings. The fraction of sp³-hybridized carbons (Fsp3) is 0.667. The molecule has 0 aliphatic heterocycles. The largest absolute Gasteiger partial charge is 0.271 e. The van der Waals surface area contributed by atoms with Crippen LogP contribution in [0.15, 0.2) is 12.4 Å². The smallest absolute Gasteiger partial charge is 0.265 e. The number of hydroxylamine groups is 1. The maximum absolute atomic E-state index is 11.3. The molecule has 1 saturated carbocycles. The Bertz CT molecular complexity index is 306. The second kappa shape index (κ2) is 4.88. The summed E-state index contributed by atoms with van der Waals surface area (Å²) in [5.41, 5.74) is 2.44. The average Bonchev–Trinajstić information content (AvgIpc) is 2.86. The minimum absolute atomic E-state index is 0.146. The third kappa shape index (κ3) is 3.02. The van der Waals surface area contributed by atoms with Gasteiger partial charge in [-0.3, -0.25) is 9.63 Å². The molecule has 1 heterocycles. The van der Waals surface area contributed by atoms with E-state index in [0.29, 0.717) is 0 Å². The minimum atomic E-state index is -0.201. The second-order valence-electron chi connectivity index (χ2n) is 3.65. The van der Waals surface area contributed by atoms with Gasteiger partial charge in [0.05, 0.1) is 12.3 Å². The van der Waals surface area contributed by atoms with E-state index in [9.17, 15) is 4.79 Å². The normalized spacial score (nSPS) is 16.8. The van der Waals surface area contributed by atoms with Crippen LogP contribution in [0.2, 0.25) is 0 Å². The van der Waals surface area contributed by atoms with E-state index in [2.05, 4.69) is 15.8 Å². The van der Waals surface area contributed by atoms with Crippen molar-refractivity contribution in [3.63, 3.8) is 0 Å². The number of amides is 1. The summed E-state index contributed by atoms with van der Waals surface area (Å²) in [6.07, 6.45) is 7.78. The molecule has 0 aromatic carbocycles. The summed E-state index contributed by atoms with van der Waals surface area (Å²) in [7, 11) is 0. The maximum Gasteiger partial charge on any atom is 0.265 e. The Balaban J connectivity index is 1.68. The fourth-order valence-corrected chi connectivity index (χ4v) is 1.65. The monoisotopic (exact) mass is 210 g/mol. The Morgan fingerprint density at radius 1 is 1.53 bits per heavy atom. The molecule has 1 aromatic heterocycles. The molecule has 1 amide bonds. The fourth-order valence-electron chi connectivity index (χ4n) is 1.65. The van der Waals surface area contributed by atoms with Gasteiger partial charge in [-0.05, 0) is 12.8 Å². The van der Waals surface area contributed by atoms with Crippen molar-refractivity contribution in [1.82, 2.24) is 20.5 Å². The number of nitrogens with zero attached hydrogens (tertiary/aromatic N) is 3. The quantitative estimate of drug-likeness (QED) is 0.724. The number of hydrogen-bond donors (Lipinski definition) is 1. The van der Waals surface area contributed by atoms with Gasteiger partial charge < -0.3 is 0 Å². The van der Waals surface area contributed by atoms with E-state index in [1.54, 1.807) is 6.20 Å². The lowest BCUT2D eigenvalue weighted by molar-refractivity contribution is -0.139. The van der Waals surface area contributed by atoms with Crippen LogP contribution in [-0.2, 0) is 16.2 Å². The van der Waals surface area contributed by atoms with Crippen molar-refractivity contribution in [2.45, 2.75) is 38.3 Å². The van der Waals surface area contributed by atoms with E-state index in [-0.39, 0.29) is 18.6 Å². The summed E-state index contributed by atoms with van der Waals surface area (Å²) in [5.74, 6) is -0.201. The minimum Gasteiger partial charge on any atom is -0.271 e. The number of carbonyl (C=O) groups is 1. The molecule has 82 valence electrons. The van der Waals surface area contributed by atoms with E-state index in [0.717, 1.165) is 12.8 Å². The van der Waals surface area contributed by atoms with Crippen molar-refractivity contribution in [3.8, 4) is 0 Å². The summed E-state index contributed by atoms with van der Waals surface area (Å²) in [5, 5.41) is 7.29. The van der Waals surface area contributed by atoms with Gasteiger partial charge in [0.1, 0.15) is 6.54 Å². The van der Waals surface area contributed by atoms with Crippen molar-refractivity contribution >= 4 is 5.91 Å². The topological polar surface area (TPSA) is 69.0 Å². The first-order valence-corrected chi connectivity index (χ1v) is 5.13. The number of carbonyl (C=O) groups excluding carboxylic acids is 1. The molecule has 0 spiro atoms. The highest BCUT2D eigenvalue weighted by Gasteiger charge is 2.16. The SMILES string of the molecule is O=C(Cn1ccnn1)NOC1CCCC1. The van der Waals surface area contributed by atoms with Crippen LogP contribution >= 0.6 is 0 Å². The predicted octanol–water partition coefficient (Wildman–Crippen LogP) is 0.268. The van der Waals surface area contributed by atoms with Gasteiger partial charge in [-0.15, -0.1) is 5.10 Å². The summed E-state index contributed by atoms with van der Waals surface area (Å²) in [4.78, 5) is 16.6. The summed E-state index contributed by atoms with van der Waals surface area (Å²) >= 11 is 0. The molecule has 0 saturated heterocycles. The van der Waals surface area contributed by atoms with Gasteiger partial charge in [0.25, 0.3) is 5.91 Å². The Morgan fingerprint density at radius 2 is 2.33 bits per heavy atom. The zero-order chi connectivity index (χ0) is 10.5. The predicted molar refractivity (Wildman–Crippen MR) is 51.5 cm³/mol. The molecular formula is C9H14N4O2. The lowest BCUT2D eigenvalue weighted by Gasteiger charge is -2.10. The first kappa shape index (κ1) is 10.1. The Hall–Kier alpha value is -1.43. The molecule has 6 nitrogen and oxygen atoms in total. The van der Waals surface area contributed by atoms with Gasteiger partial charge >= 0.3 is 0 Å². The van der Waals surface area contributed by atoms with Crippen molar-refractivity contribution in [2.75, 3.05) is 0 Å². The summed E-state index contributed by atoms with van der Waals surface area (Å²) in [6.45, 7) is 0.146. The Kier molecular flexibility index (Phi) is 3.29. The molecule has 1 aliphatic carbocycles. The zero-order valence-electron chi connectivity index (χ0n) is 8.43.